The summed E-state index contributed by atoms with van der Waals surface area (Å²) in [5.41, 5.74) is 0. The number of hydrogen-bond donors (Lipinski definition) is 1. The number of thiol groups is 1. The molecule has 0 saturated carbocycles. The van der Waals surface area contributed by atoms with Crippen molar-refractivity contribution in [3.63, 3.8) is 0 Å². The molecule has 0 aliphatic carbocycles. The minimum atomic E-state index is 0. The Morgan fingerprint density at radius 3 is 2.20 bits per heavy atom. The Morgan fingerprint density at radius 2 is 1.80 bits per heavy atom. The van der Waals surface area contributed by atoms with E-state index in [4.69, 9.17) is 0 Å². The molecule has 0 unspecified atom stereocenters. The van der Waals surface area contributed by atoms with E-state index < -0.39 is 0 Å². The number of hydrogen-bond acceptors (Lipinski definition) is 1. The van der Waals surface area contributed by atoms with E-state index in [0.717, 1.165) is 4.90 Å². The van der Waals surface area contributed by atoms with Crippen LogP contribution in [0.3, 0.4) is 0 Å². The summed E-state index contributed by atoms with van der Waals surface area (Å²) in [6, 6.07) is 6.18. The van der Waals surface area contributed by atoms with Crippen LogP contribution in [0.25, 0.3) is 0 Å². The maximum atomic E-state index is 4.26. The van der Waals surface area contributed by atoms with Crippen molar-refractivity contribution >= 4 is 87.4 Å². The van der Waals surface area contributed by atoms with Gasteiger partial charge in [0.15, 0.2) is 0 Å². The normalized spacial score (nSPS) is 8.70. The molecular formula is C6H5I2NaS. The minimum absolute atomic E-state index is 0. The molecule has 0 fully saturated rings. The van der Waals surface area contributed by atoms with Crippen LogP contribution in [0.2, 0.25) is 0 Å². The van der Waals surface area contributed by atoms with E-state index in [1.165, 1.54) is 7.14 Å². The van der Waals surface area contributed by atoms with Gasteiger partial charge in [0.2, 0.25) is 0 Å². The van der Waals surface area contributed by atoms with Crippen molar-refractivity contribution in [3.8, 4) is 0 Å². The van der Waals surface area contributed by atoms with Gasteiger partial charge in [-0.15, -0.1) is 12.6 Å². The molecule has 1 aromatic carbocycles. The van der Waals surface area contributed by atoms with Crippen LogP contribution in [0.4, 0.5) is 0 Å². The molecular weight excluding hydrogens is 381 g/mol. The Labute approximate surface area is 116 Å². The molecule has 0 heterocycles. The second-order valence-corrected chi connectivity index (χ2v) is 4.49. The molecule has 50 valence electrons. The summed E-state index contributed by atoms with van der Waals surface area (Å²) < 4.78 is 2.44. The van der Waals surface area contributed by atoms with Crippen LogP contribution in [-0.4, -0.2) is 29.6 Å². The van der Waals surface area contributed by atoms with Crippen LogP contribution in [0.5, 0.6) is 0 Å². The van der Waals surface area contributed by atoms with Crippen LogP contribution >= 0.6 is 57.8 Å². The molecule has 0 saturated heterocycles. The topological polar surface area (TPSA) is 0 Å². The molecule has 0 N–H and O–H groups in total. The van der Waals surface area contributed by atoms with Crippen molar-refractivity contribution in [3.05, 3.63) is 25.3 Å². The molecule has 0 amide bonds. The molecule has 0 aromatic heterocycles. The van der Waals surface area contributed by atoms with Gasteiger partial charge in [0.1, 0.15) is 0 Å². The van der Waals surface area contributed by atoms with Crippen molar-refractivity contribution in [1.29, 1.82) is 0 Å². The predicted molar refractivity (Wildman–Crippen MR) is 66.3 cm³/mol. The summed E-state index contributed by atoms with van der Waals surface area (Å²) >= 11 is 8.79. The second-order valence-electron chi connectivity index (χ2n) is 1.60. The third-order valence-corrected chi connectivity index (χ3v) is 3.32. The molecule has 0 nitrogen and oxygen atoms in total. The van der Waals surface area contributed by atoms with Crippen LogP contribution in [0.15, 0.2) is 23.1 Å². The van der Waals surface area contributed by atoms with E-state index in [1.54, 1.807) is 0 Å². The zero-order valence-corrected chi connectivity index (χ0v) is 9.64. The van der Waals surface area contributed by atoms with Gasteiger partial charge in [-0.25, -0.2) is 0 Å². The predicted octanol–water partition coefficient (Wildman–Crippen LogP) is 2.54. The molecule has 0 aliphatic heterocycles. The Bertz CT molecular complexity index is 227. The first-order valence-electron chi connectivity index (χ1n) is 2.34. The van der Waals surface area contributed by atoms with Gasteiger partial charge >= 0.3 is 29.6 Å². The third kappa shape index (κ3) is 3.62. The molecule has 0 atom stereocenters. The fourth-order valence-corrected chi connectivity index (χ4v) is 1.77. The van der Waals surface area contributed by atoms with Crippen molar-refractivity contribution in [2.24, 2.45) is 0 Å². The first-order valence-corrected chi connectivity index (χ1v) is 4.94. The summed E-state index contributed by atoms with van der Waals surface area (Å²) in [7, 11) is 0. The van der Waals surface area contributed by atoms with E-state index in [9.17, 15) is 0 Å². The van der Waals surface area contributed by atoms with Crippen molar-refractivity contribution < 1.29 is 0 Å². The van der Waals surface area contributed by atoms with Crippen LogP contribution in [-0.2, 0) is 0 Å². The van der Waals surface area contributed by atoms with Crippen molar-refractivity contribution in [1.82, 2.24) is 0 Å². The van der Waals surface area contributed by atoms with Gasteiger partial charge in [0.25, 0.3) is 0 Å². The van der Waals surface area contributed by atoms with Gasteiger partial charge in [-0.05, 0) is 63.4 Å². The molecule has 0 radical (unpaired) electrons. The fraction of sp³-hybridized carbons (Fsp3) is 0. The Morgan fingerprint density at radius 1 is 1.20 bits per heavy atom. The zero-order chi connectivity index (χ0) is 6.85. The van der Waals surface area contributed by atoms with Gasteiger partial charge in [-0.3, -0.25) is 0 Å². The third-order valence-electron chi connectivity index (χ3n) is 0.908. The molecule has 0 bridgehead atoms. The van der Waals surface area contributed by atoms with Crippen molar-refractivity contribution in [2.75, 3.05) is 0 Å². The molecule has 1 rings (SSSR count). The molecule has 1 aromatic rings. The summed E-state index contributed by atoms with van der Waals surface area (Å²) in [4.78, 5) is 1.06. The first kappa shape index (κ1) is 12.0. The van der Waals surface area contributed by atoms with Gasteiger partial charge in [0.05, 0.1) is 0 Å². The summed E-state index contributed by atoms with van der Waals surface area (Å²) in [6.45, 7) is 0. The number of benzene rings is 1. The molecule has 4 heteroatoms. The standard InChI is InChI=1S/C6H4I2S.Na.H/c7-4-1-2-5(8)6(9)3-4;;/h1-3,9H;;. The van der Waals surface area contributed by atoms with Crippen LogP contribution < -0.4 is 0 Å². The quantitative estimate of drug-likeness (QED) is 0.396. The average molecular weight is 386 g/mol. The average Bonchev–Trinajstić information content (AvgIpc) is 1.80. The van der Waals surface area contributed by atoms with Gasteiger partial charge in [-0.1, -0.05) is 0 Å². The SMILES string of the molecule is Sc1cc(I)ccc1I.[NaH]. The Balaban J connectivity index is 0.000000810. The van der Waals surface area contributed by atoms with Crippen LogP contribution in [0, 0.1) is 7.14 Å². The van der Waals surface area contributed by atoms with Crippen molar-refractivity contribution in [2.45, 2.75) is 4.90 Å². The Hall–Kier alpha value is 2.03. The van der Waals surface area contributed by atoms with Gasteiger partial charge in [0, 0.05) is 12.0 Å². The monoisotopic (exact) mass is 386 g/mol. The Kier molecular flexibility index (Phi) is 6.78. The van der Waals surface area contributed by atoms with Gasteiger partial charge < -0.3 is 0 Å². The fourth-order valence-electron chi connectivity index (χ4n) is 0.486. The van der Waals surface area contributed by atoms with E-state index in [2.05, 4.69) is 69.9 Å². The second kappa shape index (κ2) is 5.64. The molecule has 10 heavy (non-hydrogen) atoms. The van der Waals surface area contributed by atoms with E-state index in [1.807, 2.05) is 6.07 Å². The zero-order valence-electron chi connectivity index (χ0n) is 4.44. The molecule has 0 spiro atoms. The van der Waals surface area contributed by atoms with Crippen LogP contribution in [0.1, 0.15) is 0 Å². The summed E-state index contributed by atoms with van der Waals surface area (Å²) in [6.07, 6.45) is 0. The number of rotatable bonds is 0. The van der Waals surface area contributed by atoms with E-state index >= 15 is 0 Å². The summed E-state index contributed by atoms with van der Waals surface area (Å²) in [5.74, 6) is 0. The summed E-state index contributed by atoms with van der Waals surface area (Å²) in [5, 5.41) is 0. The maximum absolute atomic E-state index is 4.26. The first-order chi connectivity index (χ1) is 4.20. The van der Waals surface area contributed by atoms with E-state index in [-0.39, 0.29) is 29.6 Å². The van der Waals surface area contributed by atoms with E-state index in [0.29, 0.717) is 0 Å². The van der Waals surface area contributed by atoms with Gasteiger partial charge in [-0.2, -0.15) is 0 Å². The molecule has 0 aliphatic rings. The number of halogens is 2.